The van der Waals surface area contributed by atoms with Crippen LogP contribution in [-0.2, 0) is 29.0 Å². The first-order chi connectivity index (χ1) is 19.8. The molecule has 2 aliphatic heterocycles. The minimum Gasteiger partial charge on any atom is -0.444 e. The van der Waals surface area contributed by atoms with E-state index in [-0.39, 0.29) is 6.42 Å². The summed E-state index contributed by atoms with van der Waals surface area (Å²) in [4.78, 5) is 18.2. The van der Waals surface area contributed by atoms with E-state index in [1.54, 1.807) is 25.7 Å². The Morgan fingerprint density at radius 1 is 0.976 bits per heavy atom. The fraction of sp³-hybridized carbons (Fsp3) is 0.567. The second-order valence-corrected chi connectivity index (χ2v) is 12.6. The number of amides is 1. The zero-order chi connectivity index (χ0) is 30.5. The highest BCUT2D eigenvalue weighted by Gasteiger charge is 2.40. The van der Waals surface area contributed by atoms with Gasteiger partial charge >= 0.3 is 12.5 Å². The first kappa shape index (κ1) is 32.7. The molecular weight excluding hydrogens is 592 g/mol. The lowest BCUT2D eigenvalue weighted by Crippen LogP contribution is -2.45. The molecule has 0 bridgehead atoms. The van der Waals surface area contributed by atoms with E-state index in [2.05, 4.69) is 19.9 Å². The molecule has 2 aromatic carbocycles. The maximum Gasteiger partial charge on any atom is 0.524 e. The summed E-state index contributed by atoms with van der Waals surface area (Å²) in [6, 6.07) is 11.4. The summed E-state index contributed by atoms with van der Waals surface area (Å²) in [6.45, 7) is 11.0. The second kappa shape index (κ2) is 14.0. The third kappa shape index (κ3) is 9.64. The molecule has 0 spiro atoms. The van der Waals surface area contributed by atoms with Gasteiger partial charge in [-0.15, -0.1) is 13.2 Å². The van der Waals surface area contributed by atoms with Crippen molar-refractivity contribution in [1.82, 2.24) is 15.1 Å². The molecule has 42 heavy (non-hydrogen) atoms. The van der Waals surface area contributed by atoms with Gasteiger partial charge in [-0.05, 0) is 62.9 Å². The minimum atomic E-state index is -4.74. The van der Waals surface area contributed by atoms with E-state index in [4.69, 9.17) is 27.9 Å². The Balaban J connectivity index is 1.30. The van der Waals surface area contributed by atoms with Crippen molar-refractivity contribution >= 4 is 35.0 Å². The predicted molar refractivity (Wildman–Crippen MR) is 159 cm³/mol. The van der Waals surface area contributed by atoms with Crippen LogP contribution in [0.1, 0.15) is 50.3 Å². The highest BCUT2D eigenvalue weighted by atomic mass is 35.5. The molecule has 0 radical (unpaired) electrons. The van der Waals surface area contributed by atoms with Crippen LogP contribution in [-0.4, -0.2) is 73.4 Å². The number of rotatable bonds is 10. The number of unbranched alkanes of at least 4 members (excludes halogenated alkanes) is 1. The number of ether oxygens (including phenoxy) is 2. The van der Waals surface area contributed by atoms with Gasteiger partial charge in [0, 0.05) is 80.1 Å². The van der Waals surface area contributed by atoms with Crippen LogP contribution in [0, 0.1) is 0 Å². The number of alkyl carbamates (subject to hydrolysis) is 1. The number of carbonyl (C=O) groups excluding carboxylic acids is 1. The normalized spacial score (nSPS) is 18.3. The molecule has 232 valence electrons. The zero-order valence-corrected chi connectivity index (χ0v) is 25.8. The van der Waals surface area contributed by atoms with Gasteiger partial charge in [0.1, 0.15) is 11.8 Å². The lowest BCUT2D eigenvalue weighted by atomic mass is 10.1. The van der Waals surface area contributed by atoms with Gasteiger partial charge in [0.25, 0.3) is 0 Å². The quantitative estimate of drug-likeness (QED) is 0.290. The topological polar surface area (TPSA) is 57.3 Å². The summed E-state index contributed by atoms with van der Waals surface area (Å²) in [5, 5.41) is 4.03. The predicted octanol–water partition coefficient (Wildman–Crippen LogP) is 6.84. The number of nitrogens with zero attached hydrogens (tertiary/aromatic N) is 3. The fourth-order valence-electron chi connectivity index (χ4n) is 5.34. The van der Waals surface area contributed by atoms with Crippen LogP contribution in [0.2, 0.25) is 10.0 Å². The van der Waals surface area contributed by atoms with Gasteiger partial charge < -0.3 is 15.0 Å². The molecule has 7 nitrogen and oxygen atoms in total. The van der Waals surface area contributed by atoms with Gasteiger partial charge in [0.05, 0.1) is 0 Å². The standard InChI is InChI=1S/C30H39Cl2F3N4O3/c1-29(2,3)42-28(40)36-11-4-5-12-39-26-10-9-21(17-22(26)18-27(39)41-30(33,34)35)19-37-13-15-38(16-14-37)20-23-24(31)7-6-8-25(23)32/h6-10,17,27H,4-5,11-16,18-20H2,1-3H3,(H,36,40). The molecule has 2 heterocycles. The van der Waals surface area contributed by atoms with E-state index in [9.17, 15) is 18.0 Å². The molecule has 2 aliphatic rings. The summed E-state index contributed by atoms with van der Waals surface area (Å²) < 4.78 is 49.4. The average molecular weight is 632 g/mol. The second-order valence-electron chi connectivity index (χ2n) is 11.8. The lowest BCUT2D eigenvalue weighted by Gasteiger charge is -2.35. The Hall–Kier alpha value is -2.24. The van der Waals surface area contributed by atoms with Gasteiger partial charge in [-0.1, -0.05) is 41.4 Å². The lowest BCUT2D eigenvalue weighted by molar-refractivity contribution is -0.341. The molecule has 1 saturated heterocycles. The van der Waals surface area contributed by atoms with E-state index < -0.39 is 24.3 Å². The molecular formula is C30H39Cl2F3N4O3. The molecule has 1 fully saturated rings. The van der Waals surface area contributed by atoms with Gasteiger partial charge in [0.15, 0.2) is 0 Å². The number of hydrogen-bond acceptors (Lipinski definition) is 6. The SMILES string of the molecule is CC(C)(C)OC(=O)NCCCCN1c2ccc(CN3CCN(Cc4c(Cl)cccc4Cl)CC3)cc2CC1OC(F)(F)F. The van der Waals surface area contributed by atoms with Crippen LogP contribution in [0.4, 0.5) is 23.7 Å². The summed E-state index contributed by atoms with van der Waals surface area (Å²) in [7, 11) is 0. The summed E-state index contributed by atoms with van der Waals surface area (Å²) >= 11 is 12.7. The van der Waals surface area contributed by atoms with Crippen LogP contribution >= 0.6 is 23.2 Å². The number of fused-ring (bicyclic) bond motifs is 1. The van der Waals surface area contributed by atoms with Gasteiger partial charge in [-0.3, -0.25) is 14.5 Å². The summed E-state index contributed by atoms with van der Waals surface area (Å²) in [5.41, 5.74) is 3.01. The molecule has 2 aromatic rings. The van der Waals surface area contributed by atoms with Crippen LogP contribution in [0.3, 0.4) is 0 Å². The van der Waals surface area contributed by atoms with Crippen LogP contribution < -0.4 is 10.2 Å². The van der Waals surface area contributed by atoms with E-state index in [0.717, 1.165) is 55.1 Å². The Bertz CT molecular complexity index is 1200. The van der Waals surface area contributed by atoms with Crippen molar-refractivity contribution in [1.29, 1.82) is 0 Å². The Morgan fingerprint density at radius 3 is 2.24 bits per heavy atom. The van der Waals surface area contributed by atoms with E-state index >= 15 is 0 Å². The molecule has 1 atom stereocenters. The highest BCUT2D eigenvalue weighted by molar-refractivity contribution is 6.35. The van der Waals surface area contributed by atoms with Crippen LogP contribution in [0.25, 0.3) is 0 Å². The average Bonchev–Trinajstić information content (AvgIpc) is 3.20. The number of halogens is 5. The van der Waals surface area contributed by atoms with Crippen molar-refractivity contribution in [2.24, 2.45) is 0 Å². The Morgan fingerprint density at radius 2 is 1.62 bits per heavy atom. The smallest absolute Gasteiger partial charge is 0.444 e. The third-order valence-electron chi connectivity index (χ3n) is 7.27. The number of carbonyl (C=O) groups is 1. The van der Waals surface area contributed by atoms with Crippen molar-refractivity contribution < 1.29 is 27.4 Å². The summed E-state index contributed by atoms with van der Waals surface area (Å²) in [5.74, 6) is 0. The number of hydrogen-bond donors (Lipinski definition) is 1. The number of alkyl halides is 3. The van der Waals surface area contributed by atoms with Crippen LogP contribution in [0.15, 0.2) is 36.4 Å². The zero-order valence-electron chi connectivity index (χ0n) is 24.3. The number of anilines is 1. The fourth-order valence-corrected chi connectivity index (χ4v) is 5.86. The molecule has 1 amide bonds. The molecule has 0 aliphatic carbocycles. The van der Waals surface area contributed by atoms with Crippen molar-refractivity contribution in [3.63, 3.8) is 0 Å². The van der Waals surface area contributed by atoms with E-state index in [0.29, 0.717) is 42.5 Å². The van der Waals surface area contributed by atoms with Gasteiger partial charge in [-0.2, -0.15) is 0 Å². The highest BCUT2D eigenvalue weighted by Crippen LogP contribution is 2.37. The maximum atomic E-state index is 13.2. The first-order valence-electron chi connectivity index (χ1n) is 14.2. The monoisotopic (exact) mass is 630 g/mol. The van der Waals surface area contributed by atoms with Crippen molar-refractivity contribution in [3.8, 4) is 0 Å². The van der Waals surface area contributed by atoms with Crippen molar-refractivity contribution in [2.75, 3.05) is 44.2 Å². The van der Waals surface area contributed by atoms with Crippen molar-refractivity contribution in [2.45, 2.75) is 71.3 Å². The number of nitrogens with one attached hydrogen (secondary N) is 1. The van der Waals surface area contributed by atoms with Crippen LogP contribution in [0.5, 0.6) is 0 Å². The number of piperazine rings is 1. The summed E-state index contributed by atoms with van der Waals surface area (Å²) in [6.07, 6.45) is -5.03. The molecule has 12 heteroatoms. The number of benzene rings is 2. The van der Waals surface area contributed by atoms with Gasteiger partial charge in [0.2, 0.25) is 0 Å². The van der Waals surface area contributed by atoms with E-state index in [1.165, 1.54) is 0 Å². The largest absolute Gasteiger partial charge is 0.524 e. The molecule has 4 rings (SSSR count). The molecule has 1 unspecified atom stereocenters. The Kier molecular flexibility index (Phi) is 10.9. The molecule has 1 N–H and O–H groups in total. The van der Waals surface area contributed by atoms with Gasteiger partial charge in [-0.25, -0.2) is 4.79 Å². The first-order valence-corrected chi connectivity index (χ1v) is 15.0. The third-order valence-corrected chi connectivity index (χ3v) is 7.98. The minimum absolute atomic E-state index is 0.158. The van der Waals surface area contributed by atoms with Crippen molar-refractivity contribution in [3.05, 3.63) is 63.1 Å². The Labute approximate surface area is 255 Å². The molecule has 0 aromatic heterocycles. The maximum absolute atomic E-state index is 13.2. The van der Waals surface area contributed by atoms with E-state index in [1.807, 2.05) is 36.4 Å². The molecule has 0 saturated carbocycles.